The van der Waals surface area contributed by atoms with Gasteiger partial charge in [0, 0.05) is 44.8 Å². The van der Waals surface area contributed by atoms with Gasteiger partial charge < -0.3 is 10.6 Å². The zero-order valence-electron chi connectivity index (χ0n) is 12.8. The highest BCUT2D eigenvalue weighted by Crippen LogP contribution is 2.31. The van der Waals surface area contributed by atoms with Crippen LogP contribution < -0.4 is 11.4 Å². The molecule has 0 spiro atoms. The maximum Gasteiger partial charge on any atom is 0.349 e. The molecule has 1 aliphatic carbocycles. The number of piperazine rings is 1. The molecule has 1 aromatic heterocycles. The van der Waals surface area contributed by atoms with Crippen LogP contribution >= 0.6 is 0 Å². The van der Waals surface area contributed by atoms with Gasteiger partial charge >= 0.3 is 5.69 Å². The third kappa shape index (κ3) is 3.65. The van der Waals surface area contributed by atoms with Crippen molar-refractivity contribution >= 4 is 11.7 Å². The molecule has 1 saturated carbocycles. The van der Waals surface area contributed by atoms with Crippen molar-refractivity contribution in [3.63, 3.8) is 0 Å². The Morgan fingerprint density at radius 2 is 1.95 bits per heavy atom. The molecule has 0 bridgehead atoms. The van der Waals surface area contributed by atoms with E-state index in [4.69, 9.17) is 5.73 Å². The molecule has 0 unspecified atom stereocenters. The molecule has 2 aliphatic rings. The van der Waals surface area contributed by atoms with Crippen molar-refractivity contribution in [2.45, 2.75) is 25.8 Å². The van der Waals surface area contributed by atoms with Gasteiger partial charge in [0.1, 0.15) is 5.82 Å². The maximum atomic E-state index is 12.0. The second-order valence-electron chi connectivity index (χ2n) is 6.12. The van der Waals surface area contributed by atoms with Gasteiger partial charge in [0.25, 0.3) is 0 Å². The lowest BCUT2D eigenvalue weighted by atomic mass is 10.2. The van der Waals surface area contributed by atoms with Crippen LogP contribution in [0.2, 0.25) is 0 Å². The van der Waals surface area contributed by atoms with Gasteiger partial charge in [-0.15, -0.1) is 0 Å². The molecule has 1 aliphatic heterocycles. The SMILES string of the molecule is Nc1ccn(CCCN2CCN(C(=O)C3CC3)CC2)c(=O)n1. The number of carbonyl (C=O) groups is 1. The predicted molar refractivity (Wildman–Crippen MR) is 83.3 cm³/mol. The molecule has 2 heterocycles. The highest BCUT2D eigenvalue weighted by molar-refractivity contribution is 5.81. The zero-order chi connectivity index (χ0) is 15.5. The highest BCUT2D eigenvalue weighted by Gasteiger charge is 2.34. The smallest absolute Gasteiger partial charge is 0.349 e. The Hall–Kier alpha value is -1.89. The van der Waals surface area contributed by atoms with Gasteiger partial charge in [0.2, 0.25) is 5.91 Å². The number of amides is 1. The number of rotatable bonds is 5. The number of nitrogens with zero attached hydrogens (tertiary/aromatic N) is 4. The van der Waals surface area contributed by atoms with Crippen LogP contribution in [-0.4, -0.2) is 58.0 Å². The fourth-order valence-electron chi connectivity index (χ4n) is 2.86. The second-order valence-corrected chi connectivity index (χ2v) is 6.12. The minimum atomic E-state index is -0.292. The molecule has 0 atom stereocenters. The van der Waals surface area contributed by atoms with Crippen LogP contribution in [0.4, 0.5) is 5.82 Å². The summed E-state index contributed by atoms with van der Waals surface area (Å²) >= 11 is 0. The summed E-state index contributed by atoms with van der Waals surface area (Å²) in [6, 6.07) is 1.64. The molecule has 1 saturated heterocycles. The summed E-state index contributed by atoms with van der Waals surface area (Å²) in [7, 11) is 0. The third-order valence-electron chi connectivity index (χ3n) is 4.38. The van der Waals surface area contributed by atoms with Gasteiger partial charge in [0.05, 0.1) is 0 Å². The summed E-state index contributed by atoms with van der Waals surface area (Å²) in [6.45, 7) is 5.09. The molecule has 7 nitrogen and oxygen atoms in total. The fourth-order valence-corrected chi connectivity index (χ4v) is 2.86. The van der Waals surface area contributed by atoms with Gasteiger partial charge in [-0.1, -0.05) is 0 Å². The summed E-state index contributed by atoms with van der Waals surface area (Å²) in [6.07, 6.45) is 4.73. The molecule has 22 heavy (non-hydrogen) atoms. The second kappa shape index (κ2) is 6.48. The normalized spacial score (nSPS) is 19.4. The predicted octanol–water partition coefficient (Wildman–Crippen LogP) is -0.230. The summed E-state index contributed by atoms with van der Waals surface area (Å²) in [5.74, 6) is 0.924. The first kappa shape index (κ1) is 15.0. The summed E-state index contributed by atoms with van der Waals surface area (Å²) < 4.78 is 1.59. The number of carbonyl (C=O) groups excluding carboxylic acids is 1. The molecule has 0 aromatic carbocycles. The maximum absolute atomic E-state index is 12.0. The number of hydrogen-bond donors (Lipinski definition) is 1. The van der Waals surface area contributed by atoms with Crippen LogP contribution in [0.5, 0.6) is 0 Å². The Bertz CT molecular complexity index is 588. The van der Waals surface area contributed by atoms with Gasteiger partial charge in [-0.25, -0.2) is 4.79 Å². The number of nitrogens with two attached hydrogens (primary N) is 1. The lowest BCUT2D eigenvalue weighted by Crippen LogP contribution is -2.49. The molecule has 0 radical (unpaired) electrons. The number of nitrogen functional groups attached to an aromatic ring is 1. The van der Waals surface area contributed by atoms with Gasteiger partial charge in [-0.3, -0.25) is 14.3 Å². The van der Waals surface area contributed by atoms with E-state index in [-0.39, 0.29) is 11.5 Å². The van der Waals surface area contributed by atoms with Gasteiger partial charge in [0.15, 0.2) is 0 Å². The first-order valence-electron chi connectivity index (χ1n) is 7.97. The van der Waals surface area contributed by atoms with Crippen molar-refractivity contribution in [1.82, 2.24) is 19.4 Å². The molecule has 1 amide bonds. The number of anilines is 1. The van der Waals surface area contributed by atoms with E-state index < -0.39 is 0 Å². The molecule has 2 N–H and O–H groups in total. The van der Waals surface area contributed by atoms with E-state index in [2.05, 4.69) is 9.88 Å². The number of aromatic nitrogens is 2. The van der Waals surface area contributed by atoms with E-state index in [1.807, 2.05) is 4.90 Å². The van der Waals surface area contributed by atoms with Gasteiger partial charge in [-0.05, 0) is 31.9 Å². The molecule has 120 valence electrons. The molecule has 3 rings (SSSR count). The highest BCUT2D eigenvalue weighted by atomic mass is 16.2. The summed E-state index contributed by atoms with van der Waals surface area (Å²) in [4.78, 5) is 31.7. The van der Waals surface area contributed by atoms with Crippen LogP contribution in [0.3, 0.4) is 0 Å². The lowest BCUT2D eigenvalue weighted by molar-refractivity contribution is -0.134. The monoisotopic (exact) mass is 305 g/mol. The standard InChI is InChI=1S/C15H23N5O2/c16-13-4-7-20(15(22)17-13)6-1-5-18-8-10-19(11-9-18)14(21)12-2-3-12/h4,7,12H,1-3,5-6,8-11H2,(H2,16,17,22). The van der Waals surface area contributed by atoms with Gasteiger partial charge in [-0.2, -0.15) is 4.98 Å². The quantitative estimate of drug-likeness (QED) is 0.812. The Balaban J connectivity index is 1.39. The molecular weight excluding hydrogens is 282 g/mol. The van der Waals surface area contributed by atoms with Crippen molar-refractivity contribution in [2.75, 3.05) is 38.5 Å². The Morgan fingerprint density at radius 1 is 1.23 bits per heavy atom. The Labute approximate surface area is 129 Å². The third-order valence-corrected chi connectivity index (χ3v) is 4.38. The van der Waals surface area contributed by atoms with Crippen molar-refractivity contribution in [3.8, 4) is 0 Å². The van der Waals surface area contributed by atoms with Crippen LogP contribution in [0, 0.1) is 5.92 Å². The first-order chi connectivity index (χ1) is 10.6. The van der Waals surface area contributed by atoms with E-state index in [1.54, 1.807) is 16.8 Å². The topological polar surface area (TPSA) is 84.5 Å². The fraction of sp³-hybridized carbons (Fsp3) is 0.667. The summed E-state index contributed by atoms with van der Waals surface area (Å²) in [5.41, 5.74) is 5.18. The number of aryl methyl sites for hydroxylation is 1. The van der Waals surface area contributed by atoms with E-state index in [1.165, 1.54) is 0 Å². The van der Waals surface area contributed by atoms with Crippen LogP contribution in [0.1, 0.15) is 19.3 Å². The number of hydrogen-bond acceptors (Lipinski definition) is 5. The van der Waals surface area contributed by atoms with E-state index in [0.717, 1.165) is 52.0 Å². The van der Waals surface area contributed by atoms with Crippen LogP contribution in [0.15, 0.2) is 17.1 Å². The molecule has 2 fully saturated rings. The first-order valence-corrected chi connectivity index (χ1v) is 7.97. The van der Waals surface area contributed by atoms with Crippen molar-refractivity contribution < 1.29 is 4.79 Å². The van der Waals surface area contributed by atoms with E-state index in [9.17, 15) is 9.59 Å². The molecule has 7 heteroatoms. The average Bonchev–Trinajstić information content (AvgIpc) is 3.34. The van der Waals surface area contributed by atoms with Crippen molar-refractivity contribution in [1.29, 1.82) is 0 Å². The average molecular weight is 305 g/mol. The molecular formula is C15H23N5O2. The largest absolute Gasteiger partial charge is 0.383 e. The minimum absolute atomic E-state index is 0.262. The summed E-state index contributed by atoms with van der Waals surface area (Å²) in [5, 5.41) is 0. The Morgan fingerprint density at radius 3 is 2.59 bits per heavy atom. The minimum Gasteiger partial charge on any atom is -0.383 e. The zero-order valence-corrected chi connectivity index (χ0v) is 12.8. The molecule has 1 aromatic rings. The van der Waals surface area contributed by atoms with E-state index >= 15 is 0 Å². The van der Waals surface area contributed by atoms with E-state index in [0.29, 0.717) is 18.4 Å². The van der Waals surface area contributed by atoms with Crippen molar-refractivity contribution in [3.05, 3.63) is 22.7 Å². The van der Waals surface area contributed by atoms with Crippen LogP contribution in [-0.2, 0) is 11.3 Å². The van der Waals surface area contributed by atoms with Crippen LogP contribution in [0.25, 0.3) is 0 Å². The lowest BCUT2D eigenvalue weighted by Gasteiger charge is -2.34. The van der Waals surface area contributed by atoms with Crippen molar-refractivity contribution in [2.24, 2.45) is 5.92 Å². The Kier molecular flexibility index (Phi) is 4.42.